The molecule has 1 saturated heterocycles. The molecule has 1 heterocycles. The molecular weight excluding hydrogens is 352 g/mol. The van der Waals surface area contributed by atoms with E-state index in [1.165, 1.54) is 5.56 Å². The first-order valence-electron chi connectivity index (χ1n) is 10.5. The molecule has 1 amide bonds. The van der Waals surface area contributed by atoms with Gasteiger partial charge in [-0.1, -0.05) is 58.0 Å². The SMILES string of the molecule is CC.CC.CC(C)(C)OC(=O)NC1(CC=O)CCN(Cc2ccccc2)CC1. The number of nitrogens with zero attached hydrogens (tertiary/aromatic N) is 1. The van der Waals surface area contributed by atoms with Gasteiger partial charge in [-0.25, -0.2) is 4.79 Å². The average Bonchev–Trinajstić information content (AvgIpc) is 2.66. The molecule has 0 aromatic heterocycles. The van der Waals surface area contributed by atoms with Crippen molar-refractivity contribution in [2.24, 2.45) is 0 Å². The maximum atomic E-state index is 12.1. The van der Waals surface area contributed by atoms with Crippen molar-refractivity contribution in [2.45, 2.75) is 85.4 Å². The number of piperidine rings is 1. The van der Waals surface area contributed by atoms with Crippen LogP contribution in [-0.4, -0.2) is 41.5 Å². The van der Waals surface area contributed by atoms with Gasteiger partial charge in [0.15, 0.2) is 0 Å². The van der Waals surface area contributed by atoms with Gasteiger partial charge in [-0.15, -0.1) is 0 Å². The molecular formula is C23H40N2O3. The second-order valence-corrected chi connectivity index (χ2v) is 7.54. The molecule has 0 aliphatic carbocycles. The number of carbonyl (C=O) groups excluding carboxylic acids is 2. The number of hydrogen-bond acceptors (Lipinski definition) is 4. The number of nitrogens with one attached hydrogen (secondary N) is 1. The lowest BCUT2D eigenvalue weighted by atomic mass is 9.84. The van der Waals surface area contributed by atoms with E-state index in [-0.39, 0.29) is 0 Å². The molecule has 0 saturated carbocycles. The Morgan fingerprint density at radius 2 is 1.64 bits per heavy atom. The molecule has 5 nitrogen and oxygen atoms in total. The maximum absolute atomic E-state index is 12.1. The Morgan fingerprint density at radius 1 is 1.11 bits per heavy atom. The molecule has 2 rings (SSSR count). The molecule has 1 fully saturated rings. The highest BCUT2D eigenvalue weighted by Gasteiger charge is 2.36. The normalized spacial score (nSPS) is 15.8. The average molecular weight is 393 g/mol. The molecule has 1 aliphatic heterocycles. The topological polar surface area (TPSA) is 58.6 Å². The van der Waals surface area contributed by atoms with Gasteiger partial charge in [0, 0.05) is 26.1 Å². The Bertz CT molecular complexity index is 545. The highest BCUT2D eigenvalue weighted by Crippen LogP contribution is 2.26. The molecule has 0 radical (unpaired) electrons. The smallest absolute Gasteiger partial charge is 0.408 e. The van der Waals surface area contributed by atoms with E-state index in [0.717, 1.165) is 38.8 Å². The van der Waals surface area contributed by atoms with Gasteiger partial charge >= 0.3 is 6.09 Å². The zero-order valence-electron chi connectivity index (χ0n) is 18.9. The first-order valence-corrected chi connectivity index (χ1v) is 10.5. The minimum Gasteiger partial charge on any atom is -0.444 e. The van der Waals surface area contributed by atoms with E-state index in [9.17, 15) is 9.59 Å². The summed E-state index contributed by atoms with van der Waals surface area (Å²) >= 11 is 0. The van der Waals surface area contributed by atoms with Crippen LogP contribution in [0.5, 0.6) is 0 Å². The Hall–Kier alpha value is -1.88. The predicted molar refractivity (Wildman–Crippen MR) is 116 cm³/mol. The number of alkyl carbamates (subject to hydrolysis) is 1. The first kappa shape index (κ1) is 26.1. The highest BCUT2D eigenvalue weighted by atomic mass is 16.6. The molecule has 28 heavy (non-hydrogen) atoms. The summed E-state index contributed by atoms with van der Waals surface area (Å²) in [5.41, 5.74) is 0.248. The van der Waals surface area contributed by atoms with Crippen LogP contribution >= 0.6 is 0 Å². The fraction of sp³-hybridized carbons (Fsp3) is 0.652. The summed E-state index contributed by atoms with van der Waals surface area (Å²) in [5.74, 6) is 0. The first-order chi connectivity index (χ1) is 13.3. The molecule has 1 aromatic rings. The molecule has 0 atom stereocenters. The molecule has 5 heteroatoms. The van der Waals surface area contributed by atoms with Crippen molar-refractivity contribution in [3.63, 3.8) is 0 Å². The van der Waals surface area contributed by atoms with E-state index < -0.39 is 17.2 Å². The van der Waals surface area contributed by atoms with Crippen LogP contribution in [0.2, 0.25) is 0 Å². The molecule has 0 bridgehead atoms. The van der Waals surface area contributed by atoms with Crippen LogP contribution in [0.4, 0.5) is 4.79 Å². The van der Waals surface area contributed by atoms with Crippen LogP contribution in [0.15, 0.2) is 30.3 Å². The standard InChI is InChI=1S/C19H28N2O3.2C2H6/c1-18(2,3)24-17(23)20-19(11-14-22)9-12-21(13-10-19)15-16-7-5-4-6-8-16;2*1-2/h4-8,14H,9-13,15H2,1-3H3,(H,20,23);2*1-2H3. The quantitative estimate of drug-likeness (QED) is 0.701. The third-order valence-corrected chi connectivity index (χ3v) is 4.30. The van der Waals surface area contributed by atoms with Crippen molar-refractivity contribution in [3.8, 4) is 0 Å². The summed E-state index contributed by atoms with van der Waals surface area (Å²) in [6.07, 6.45) is 2.27. The lowest BCUT2D eigenvalue weighted by Gasteiger charge is -2.41. The van der Waals surface area contributed by atoms with Crippen molar-refractivity contribution < 1.29 is 14.3 Å². The number of hydrogen-bond donors (Lipinski definition) is 1. The second-order valence-electron chi connectivity index (χ2n) is 7.54. The van der Waals surface area contributed by atoms with Crippen LogP contribution < -0.4 is 5.32 Å². The monoisotopic (exact) mass is 392 g/mol. The number of ether oxygens (including phenoxy) is 1. The number of carbonyl (C=O) groups is 2. The van der Waals surface area contributed by atoms with Crippen LogP contribution in [0.3, 0.4) is 0 Å². The largest absolute Gasteiger partial charge is 0.444 e. The molecule has 160 valence electrons. The Labute approximate surface area is 171 Å². The molecule has 1 N–H and O–H groups in total. The third-order valence-electron chi connectivity index (χ3n) is 4.30. The zero-order valence-corrected chi connectivity index (χ0v) is 18.9. The van der Waals surface area contributed by atoms with Gasteiger partial charge in [0.1, 0.15) is 11.9 Å². The number of amides is 1. The van der Waals surface area contributed by atoms with Crippen LogP contribution in [-0.2, 0) is 16.1 Å². The van der Waals surface area contributed by atoms with E-state index in [2.05, 4.69) is 22.3 Å². The van der Waals surface area contributed by atoms with Crippen molar-refractivity contribution in [1.29, 1.82) is 0 Å². The van der Waals surface area contributed by atoms with Crippen LogP contribution in [0.1, 0.15) is 73.3 Å². The summed E-state index contributed by atoms with van der Waals surface area (Å²) < 4.78 is 5.35. The summed E-state index contributed by atoms with van der Waals surface area (Å²) in [6, 6.07) is 10.3. The van der Waals surface area contributed by atoms with Gasteiger partial charge in [0.2, 0.25) is 0 Å². The number of aldehydes is 1. The Morgan fingerprint density at radius 3 is 2.11 bits per heavy atom. The Balaban J connectivity index is 0.00000171. The van der Waals surface area contributed by atoms with Gasteiger partial charge in [-0.3, -0.25) is 4.90 Å². The van der Waals surface area contributed by atoms with E-state index in [1.54, 1.807) is 0 Å². The third kappa shape index (κ3) is 9.88. The molecule has 1 aliphatic rings. The lowest BCUT2D eigenvalue weighted by molar-refractivity contribution is -0.109. The number of benzene rings is 1. The highest BCUT2D eigenvalue weighted by molar-refractivity contribution is 5.70. The lowest BCUT2D eigenvalue weighted by Crippen LogP contribution is -2.56. The van der Waals surface area contributed by atoms with E-state index in [4.69, 9.17) is 4.74 Å². The number of likely N-dealkylation sites (tertiary alicyclic amines) is 1. The van der Waals surface area contributed by atoms with Gasteiger partial charge in [-0.2, -0.15) is 0 Å². The van der Waals surface area contributed by atoms with Crippen molar-refractivity contribution in [2.75, 3.05) is 13.1 Å². The van der Waals surface area contributed by atoms with Gasteiger partial charge in [0.25, 0.3) is 0 Å². The summed E-state index contributed by atoms with van der Waals surface area (Å²) in [6.45, 7) is 16.1. The van der Waals surface area contributed by atoms with Crippen molar-refractivity contribution in [3.05, 3.63) is 35.9 Å². The van der Waals surface area contributed by atoms with Crippen LogP contribution in [0.25, 0.3) is 0 Å². The summed E-state index contributed by atoms with van der Waals surface area (Å²) in [7, 11) is 0. The minimum atomic E-state index is -0.541. The molecule has 0 spiro atoms. The van der Waals surface area contributed by atoms with Gasteiger partial charge in [-0.05, 0) is 39.2 Å². The van der Waals surface area contributed by atoms with Crippen LogP contribution in [0, 0.1) is 0 Å². The van der Waals surface area contributed by atoms with E-state index >= 15 is 0 Å². The van der Waals surface area contributed by atoms with E-state index in [1.807, 2.05) is 66.7 Å². The zero-order chi connectivity index (χ0) is 21.6. The number of rotatable bonds is 5. The fourth-order valence-electron chi connectivity index (χ4n) is 3.04. The summed E-state index contributed by atoms with van der Waals surface area (Å²) in [4.78, 5) is 25.6. The van der Waals surface area contributed by atoms with E-state index in [0.29, 0.717) is 6.42 Å². The predicted octanol–water partition coefficient (Wildman–Crippen LogP) is 5.19. The second kappa shape index (κ2) is 13.3. The molecule has 0 unspecified atom stereocenters. The van der Waals surface area contributed by atoms with Gasteiger partial charge < -0.3 is 14.8 Å². The van der Waals surface area contributed by atoms with Gasteiger partial charge in [0.05, 0.1) is 5.54 Å². The maximum Gasteiger partial charge on any atom is 0.408 e. The Kier molecular flexibility index (Phi) is 12.4. The van der Waals surface area contributed by atoms with Crippen molar-refractivity contribution in [1.82, 2.24) is 10.2 Å². The van der Waals surface area contributed by atoms with Crippen molar-refractivity contribution >= 4 is 12.4 Å². The summed E-state index contributed by atoms with van der Waals surface area (Å²) in [5, 5.41) is 2.96. The molecule has 1 aromatic carbocycles. The fourth-order valence-corrected chi connectivity index (χ4v) is 3.04. The minimum absolute atomic E-state index is 0.325.